The van der Waals surface area contributed by atoms with Crippen molar-refractivity contribution in [3.63, 3.8) is 0 Å². The van der Waals surface area contributed by atoms with Crippen molar-refractivity contribution in [2.75, 3.05) is 19.7 Å². The molecule has 0 bridgehead atoms. The van der Waals surface area contributed by atoms with Crippen LogP contribution in [-0.2, 0) is 0 Å². The van der Waals surface area contributed by atoms with Gasteiger partial charge >= 0.3 is 6.36 Å². The maximum absolute atomic E-state index is 12.2. The highest BCUT2D eigenvalue weighted by atomic mass is 19.4. The Morgan fingerprint density at radius 2 is 2.00 bits per heavy atom. The molecular formula is C15H21F3N2O2. The highest BCUT2D eigenvalue weighted by Crippen LogP contribution is 2.28. The Bertz CT molecular complexity index is 479. The van der Waals surface area contributed by atoms with Crippen molar-refractivity contribution in [2.45, 2.75) is 38.3 Å². The van der Waals surface area contributed by atoms with Gasteiger partial charge in [-0.15, -0.1) is 13.2 Å². The lowest BCUT2D eigenvalue weighted by atomic mass is 10.0. The average Bonchev–Trinajstić information content (AvgIpc) is 2.45. The molecule has 0 aliphatic carbocycles. The van der Waals surface area contributed by atoms with Crippen LogP contribution in [0.25, 0.3) is 0 Å². The number of nitrogens with zero attached hydrogens (tertiary/aromatic N) is 1. The lowest BCUT2D eigenvalue weighted by molar-refractivity contribution is -0.274. The van der Waals surface area contributed by atoms with Crippen LogP contribution >= 0.6 is 0 Å². The van der Waals surface area contributed by atoms with Crippen LogP contribution in [0.5, 0.6) is 5.75 Å². The molecule has 0 saturated carbocycles. The maximum atomic E-state index is 12.2. The van der Waals surface area contributed by atoms with E-state index in [1.54, 1.807) is 12.1 Å². The summed E-state index contributed by atoms with van der Waals surface area (Å²) in [6, 6.07) is 6.20. The van der Waals surface area contributed by atoms with E-state index < -0.39 is 6.36 Å². The quantitative estimate of drug-likeness (QED) is 0.894. The van der Waals surface area contributed by atoms with Gasteiger partial charge in [-0.3, -0.25) is 4.90 Å². The van der Waals surface area contributed by atoms with Crippen molar-refractivity contribution in [2.24, 2.45) is 0 Å². The minimum atomic E-state index is -4.68. The summed E-state index contributed by atoms with van der Waals surface area (Å²) in [6.45, 7) is 5.55. The summed E-state index contributed by atoms with van der Waals surface area (Å²) in [4.78, 5) is 2.17. The molecule has 22 heavy (non-hydrogen) atoms. The molecule has 4 nitrogen and oxygen atoms in total. The number of piperazine rings is 1. The molecule has 7 heteroatoms. The van der Waals surface area contributed by atoms with E-state index in [2.05, 4.69) is 21.9 Å². The Hall–Kier alpha value is -1.31. The summed E-state index contributed by atoms with van der Waals surface area (Å²) in [5.41, 5.74) is 0.891. The fourth-order valence-electron chi connectivity index (χ4n) is 2.77. The number of aliphatic hydroxyl groups excluding tert-OH is 1. The van der Waals surface area contributed by atoms with Crippen LogP contribution < -0.4 is 10.1 Å². The van der Waals surface area contributed by atoms with E-state index in [0.29, 0.717) is 12.6 Å². The number of nitrogens with one attached hydrogen (secondary N) is 1. The van der Waals surface area contributed by atoms with E-state index in [4.69, 9.17) is 0 Å². The fourth-order valence-corrected chi connectivity index (χ4v) is 2.77. The molecule has 0 spiro atoms. The molecule has 1 aliphatic rings. The molecule has 1 aromatic carbocycles. The molecule has 3 atom stereocenters. The zero-order valence-corrected chi connectivity index (χ0v) is 12.6. The average molecular weight is 318 g/mol. The second kappa shape index (κ2) is 6.85. The van der Waals surface area contributed by atoms with Crippen molar-refractivity contribution in [1.82, 2.24) is 10.2 Å². The lowest BCUT2D eigenvalue weighted by Gasteiger charge is -2.42. The van der Waals surface area contributed by atoms with Crippen molar-refractivity contribution < 1.29 is 23.0 Å². The molecule has 124 valence electrons. The molecule has 0 aromatic heterocycles. The topological polar surface area (TPSA) is 44.7 Å². The molecule has 1 fully saturated rings. The number of benzene rings is 1. The number of hydrogen-bond donors (Lipinski definition) is 2. The van der Waals surface area contributed by atoms with E-state index in [1.165, 1.54) is 12.1 Å². The van der Waals surface area contributed by atoms with Gasteiger partial charge < -0.3 is 15.2 Å². The van der Waals surface area contributed by atoms with Gasteiger partial charge in [0.1, 0.15) is 5.75 Å². The smallest absolute Gasteiger partial charge is 0.406 e. The van der Waals surface area contributed by atoms with Crippen LogP contribution in [0.15, 0.2) is 24.3 Å². The first-order valence-electron chi connectivity index (χ1n) is 7.26. The van der Waals surface area contributed by atoms with Gasteiger partial charge in [0.25, 0.3) is 0 Å². The fraction of sp³-hybridized carbons (Fsp3) is 0.600. The molecule has 1 aromatic rings. The monoisotopic (exact) mass is 318 g/mol. The summed E-state index contributed by atoms with van der Waals surface area (Å²) in [5, 5.41) is 12.8. The number of ether oxygens (including phenoxy) is 1. The summed E-state index contributed by atoms with van der Waals surface area (Å²) < 4.78 is 40.4. The normalized spacial score (nSPS) is 25.0. The second-order valence-corrected chi connectivity index (χ2v) is 5.64. The van der Waals surface area contributed by atoms with Gasteiger partial charge in [-0.1, -0.05) is 12.1 Å². The third kappa shape index (κ3) is 4.34. The van der Waals surface area contributed by atoms with Gasteiger partial charge in [0, 0.05) is 31.2 Å². The van der Waals surface area contributed by atoms with Gasteiger partial charge in [-0.25, -0.2) is 0 Å². The van der Waals surface area contributed by atoms with E-state index in [0.717, 1.165) is 12.1 Å². The molecule has 1 unspecified atom stereocenters. The van der Waals surface area contributed by atoms with Crippen LogP contribution in [-0.4, -0.2) is 48.1 Å². The van der Waals surface area contributed by atoms with Gasteiger partial charge in [0.15, 0.2) is 0 Å². The van der Waals surface area contributed by atoms with Crippen LogP contribution in [0, 0.1) is 0 Å². The van der Waals surface area contributed by atoms with E-state index >= 15 is 0 Å². The molecule has 0 radical (unpaired) electrons. The third-order valence-electron chi connectivity index (χ3n) is 3.96. The van der Waals surface area contributed by atoms with Crippen LogP contribution in [0.1, 0.15) is 25.5 Å². The van der Waals surface area contributed by atoms with E-state index in [1.807, 2.05) is 6.92 Å². The Labute approximate surface area is 127 Å². The Morgan fingerprint density at radius 3 is 2.55 bits per heavy atom. The SMILES string of the molecule is CC(c1ccc(OC(F)(F)F)cc1)N1C[C@H](C)NC[C@H]1CO. The Balaban J connectivity index is 2.09. The van der Waals surface area contributed by atoms with Gasteiger partial charge in [0.05, 0.1) is 6.61 Å². The highest BCUT2D eigenvalue weighted by Gasteiger charge is 2.32. The molecule has 1 saturated heterocycles. The number of rotatable bonds is 4. The second-order valence-electron chi connectivity index (χ2n) is 5.64. The largest absolute Gasteiger partial charge is 0.573 e. The van der Waals surface area contributed by atoms with Crippen molar-refractivity contribution in [3.8, 4) is 5.75 Å². The minimum Gasteiger partial charge on any atom is -0.406 e. The van der Waals surface area contributed by atoms with Crippen LogP contribution in [0.2, 0.25) is 0 Å². The summed E-state index contributed by atoms with van der Waals surface area (Å²) in [6.07, 6.45) is -4.68. The van der Waals surface area contributed by atoms with Crippen LogP contribution in [0.4, 0.5) is 13.2 Å². The highest BCUT2D eigenvalue weighted by molar-refractivity contribution is 5.29. The predicted octanol–water partition coefficient (Wildman–Crippen LogP) is 2.30. The number of alkyl halides is 3. The number of aliphatic hydroxyl groups is 1. The van der Waals surface area contributed by atoms with Gasteiger partial charge in [-0.05, 0) is 31.5 Å². The Kier molecular flexibility index (Phi) is 5.31. The minimum absolute atomic E-state index is 0.00152. The lowest BCUT2D eigenvalue weighted by Crippen LogP contribution is -2.57. The summed E-state index contributed by atoms with van der Waals surface area (Å²) in [5.74, 6) is -0.226. The molecule has 0 amide bonds. The molecule has 2 N–H and O–H groups in total. The summed E-state index contributed by atoms with van der Waals surface area (Å²) in [7, 11) is 0. The first kappa shape index (κ1) is 17.1. The molecule has 2 rings (SSSR count). The molecule has 1 aliphatic heterocycles. The van der Waals surface area contributed by atoms with E-state index in [-0.39, 0.29) is 24.4 Å². The van der Waals surface area contributed by atoms with Crippen molar-refractivity contribution in [1.29, 1.82) is 0 Å². The van der Waals surface area contributed by atoms with Crippen LogP contribution in [0.3, 0.4) is 0 Å². The van der Waals surface area contributed by atoms with E-state index in [9.17, 15) is 18.3 Å². The predicted molar refractivity (Wildman–Crippen MR) is 76.6 cm³/mol. The molecule has 1 heterocycles. The Morgan fingerprint density at radius 1 is 1.36 bits per heavy atom. The zero-order valence-electron chi connectivity index (χ0n) is 12.6. The maximum Gasteiger partial charge on any atom is 0.573 e. The third-order valence-corrected chi connectivity index (χ3v) is 3.96. The number of halogens is 3. The zero-order chi connectivity index (χ0) is 16.3. The number of hydrogen-bond acceptors (Lipinski definition) is 4. The summed E-state index contributed by atoms with van der Waals surface area (Å²) >= 11 is 0. The van der Waals surface area contributed by atoms with Gasteiger partial charge in [0.2, 0.25) is 0 Å². The van der Waals surface area contributed by atoms with Crippen molar-refractivity contribution >= 4 is 0 Å². The van der Waals surface area contributed by atoms with Crippen molar-refractivity contribution in [3.05, 3.63) is 29.8 Å². The van der Waals surface area contributed by atoms with Gasteiger partial charge in [-0.2, -0.15) is 0 Å². The molecular weight excluding hydrogens is 297 g/mol. The first-order chi connectivity index (χ1) is 10.3. The first-order valence-corrected chi connectivity index (χ1v) is 7.26. The standard InChI is InChI=1S/C15H21F3N2O2/c1-10-8-20(13(9-21)7-19-10)11(2)12-3-5-14(6-4-12)22-15(16,17)18/h3-6,10-11,13,19,21H,7-9H2,1-2H3/t10-,11?,13-/m0/s1.